The molecule has 0 saturated heterocycles. The van der Waals surface area contributed by atoms with Crippen molar-refractivity contribution in [2.75, 3.05) is 5.32 Å². The molecule has 0 aliphatic carbocycles. The molecule has 5 heteroatoms. The molecule has 2 aromatic carbocycles. The van der Waals surface area contributed by atoms with Gasteiger partial charge in [0.25, 0.3) is 0 Å². The SMILES string of the molecule is CCC.O=C(/C=C/c1ccc(O)c(O)c1)Nc1cccc(O)c1. The van der Waals surface area contributed by atoms with Crippen LogP contribution in [0.5, 0.6) is 17.2 Å². The van der Waals surface area contributed by atoms with Gasteiger partial charge in [-0.3, -0.25) is 4.79 Å². The van der Waals surface area contributed by atoms with Crippen molar-refractivity contribution in [1.82, 2.24) is 0 Å². The van der Waals surface area contributed by atoms with Crippen molar-refractivity contribution in [1.29, 1.82) is 0 Å². The minimum absolute atomic E-state index is 0.0650. The summed E-state index contributed by atoms with van der Waals surface area (Å²) < 4.78 is 0. The molecule has 5 nitrogen and oxygen atoms in total. The minimum atomic E-state index is -0.372. The summed E-state index contributed by atoms with van der Waals surface area (Å²) in [5, 5.41) is 30.3. The van der Waals surface area contributed by atoms with Crippen LogP contribution in [0.25, 0.3) is 6.08 Å². The van der Waals surface area contributed by atoms with E-state index in [1.54, 1.807) is 18.2 Å². The van der Waals surface area contributed by atoms with E-state index in [0.29, 0.717) is 11.3 Å². The molecular weight excluding hydrogens is 294 g/mol. The summed E-state index contributed by atoms with van der Waals surface area (Å²) in [6.07, 6.45) is 4.03. The molecule has 0 aliphatic rings. The summed E-state index contributed by atoms with van der Waals surface area (Å²) >= 11 is 0. The number of carbonyl (C=O) groups excluding carboxylic acids is 1. The standard InChI is InChI=1S/C15H13NO4.C3H8/c17-12-3-1-2-11(9-12)16-15(20)7-5-10-4-6-13(18)14(19)8-10;1-3-2/h1-9,17-19H,(H,16,20);3H2,1-2H3/b7-5+;. The van der Waals surface area contributed by atoms with Crippen LogP contribution >= 0.6 is 0 Å². The molecule has 0 fully saturated rings. The maximum Gasteiger partial charge on any atom is 0.248 e. The normalized spacial score (nSPS) is 10.0. The van der Waals surface area contributed by atoms with Crippen LogP contribution in [0.1, 0.15) is 25.8 Å². The average molecular weight is 315 g/mol. The van der Waals surface area contributed by atoms with E-state index in [-0.39, 0.29) is 23.2 Å². The molecule has 0 unspecified atom stereocenters. The highest BCUT2D eigenvalue weighted by molar-refractivity contribution is 6.02. The number of phenols is 3. The minimum Gasteiger partial charge on any atom is -0.508 e. The van der Waals surface area contributed by atoms with Crippen molar-refractivity contribution in [2.45, 2.75) is 20.3 Å². The Bertz CT molecular complexity index is 680. The number of rotatable bonds is 3. The van der Waals surface area contributed by atoms with Gasteiger partial charge < -0.3 is 20.6 Å². The quantitative estimate of drug-likeness (QED) is 0.511. The van der Waals surface area contributed by atoms with Gasteiger partial charge in [-0.2, -0.15) is 0 Å². The van der Waals surface area contributed by atoms with Crippen molar-refractivity contribution in [3.05, 3.63) is 54.1 Å². The molecule has 4 N–H and O–H groups in total. The summed E-state index contributed by atoms with van der Waals surface area (Å²) in [4.78, 5) is 11.7. The fourth-order valence-electron chi connectivity index (χ4n) is 1.58. The highest BCUT2D eigenvalue weighted by Gasteiger charge is 2.00. The molecular formula is C18H21NO4. The van der Waals surface area contributed by atoms with Gasteiger partial charge in [-0.1, -0.05) is 32.4 Å². The van der Waals surface area contributed by atoms with Crippen molar-refractivity contribution in [3.8, 4) is 17.2 Å². The molecule has 0 saturated carbocycles. The average Bonchev–Trinajstić information content (AvgIpc) is 2.49. The molecule has 0 bridgehead atoms. The van der Waals surface area contributed by atoms with E-state index in [9.17, 15) is 15.0 Å². The summed E-state index contributed by atoms with van der Waals surface area (Å²) in [7, 11) is 0. The maximum atomic E-state index is 11.7. The zero-order valence-electron chi connectivity index (χ0n) is 13.2. The van der Waals surface area contributed by atoms with E-state index >= 15 is 0 Å². The molecule has 0 spiro atoms. The van der Waals surface area contributed by atoms with Gasteiger partial charge in [0.15, 0.2) is 11.5 Å². The number of benzene rings is 2. The largest absolute Gasteiger partial charge is 0.508 e. The van der Waals surface area contributed by atoms with Crippen LogP contribution in [0.3, 0.4) is 0 Å². The van der Waals surface area contributed by atoms with Gasteiger partial charge in [-0.15, -0.1) is 0 Å². The Kier molecular flexibility index (Phi) is 7.20. The van der Waals surface area contributed by atoms with Crippen molar-refractivity contribution >= 4 is 17.7 Å². The number of amides is 1. The molecule has 0 aromatic heterocycles. The number of hydrogen-bond acceptors (Lipinski definition) is 4. The van der Waals surface area contributed by atoms with E-state index in [2.05, 4.69) is 19.2 Å². The Hall–Kier alpha value is -2.95. The van der Waals surface area contributed by atoms with Gasteiger partial charge in [-0.05, 0) is 35.9 Å². The van der Waals surface area contributed by atoms with Gasteiger partial charge in [0.1, 0.15) is 5.75 Å². The van der Waals surface area contributed by atoms with Crippen LogP contribution in [0, 0.1) is 0 Å². The first-order valence-corrected chi connectivity index (χ1v) is 7.26. The van der Waals surface area contributed by atoms with E-state index in [1.807, 2.05) is 0 Å². The molecule has 0 aliphatic heterocycles. The van der Waals surface area contributed by atoms with E-state index in [1.165, 1.54) is 42.8 Å². The second-order valence-electron chi connectivity index (χ2n) is 4.83. The number of phenolic OH excluding ortho intramolecular Hbond substituents is 3. The second kappa shape index (κ2) is 9.15. The molecule has 0 atom stereocenters. The summed E-state index contributed by atoms with van der Waals surface area (Å²) in [5.41, 5.74) is 1.06. The Morgan fingerprint density at radius 1 is 1.04 bits per heavy atom. The van der Waals surface area contributed by atoms with Crippen molar-refractivity contribution < 1.29 is 20.1 Å². The lowest BCUT2D eigenvalue weighted by Gasteiger charge is -2.02. The van der Waals surface area contributed by atoms with Crippen molar-refractivity contribution in [3.63, 3.8) is 0 Å². The molecule has 2 aromatic rings. The fourth-order valence-corrected chi connectivity index (χ4v) is 1.58. The molecule has 1 amide bonds. The third-order valence-corrected chi connectivity index (χ3v) is 2.54. The summed E-state index contributed by atoms with van der Waals surface area (Å²) in [6.45, 7) is 4.25. The Balaban J connectivity index is 0.000000816. The predicted molar refractivity (Wildman–Crippen MR) is 91.5 cm³/mol. The third kappa shape index (κ3) is 6.56. The molecule has 2 rings (SSSR count). The Labute approximate surface area is 135 Å². The van der Waals surface area contributed by atoms with Crippen LogP contribution in [0.2, 0.25) is 0 Å². The van der Waals surface area contributed by atoms with Gasteiger partial charge in [0.05, 0.1) is 0 Å². The maximum absolute atomic E-state index is 11.7. The first kappa shape index (κ1) is 18.1. The highest BCUT2D eigenvalue weighted by Crippen LogP contribution is 2.25. The van der Waals surface area contributed by atoms with E-state index in [0.717, 1.165) is 0 Å². The number of anilines is 1. The van der Waals surface area contributed by atoms with Gasteiger partial charge in [0.2, 0.25) is 5.91 Å². The topological polar surface area (TPSA) is 89.8 Å². The first-order chi connectivity index (χ1) is 11.0. The second-order valence-corrected chi connectivity index (χ2v) is 4.83. The zero-order valence-corrected chi connectivity index (χ0v) is 13.2. The lowest BCUT2D eigenvalue weighted by Crippen LogP contribution is -2.07. The van der Waals surface area contributed by atoms with Gasteiger partial charge >= 0.3 is 0 Å². The fraction of sp³-hybridized carbons (Fsp3) is 0.167. The number of aromatic hydroxyl groups is 3. The third-order valence-electron chi connectivity index (χ3n) is 2.54. The lowest BCUT2D eigenvalue weighted by atomic mass is 10.2. The number of hydrogen-bond donors (Lipinski definition) is 4. The van der Waals surface area contributed by atoms with Crippen LogP contribution in [0.15, 0.2) is 48.5 Å². The smallest absolute Gasteiger partial charge is 0.248 e. The lowest BCUT2D eigenvalue weighted by molar-refractivity contribution is -0.111. The number of nitrogens with one attached hydrogen (secondary N) is 1. The van der Waals surface area contributed by atoms with Gasteiger partial charge in [0, 0.05) is 17.8 Å². The van der Waals surface area contributed by atoms with Crippen LogP contribution < -0.4 is 5.32 Å². The summed E-state index contributed by atoms with van der Waals surface area (Å²) in [5.74, 6) is -0.773. The highest BCUT2D eigenvalue weighted by atomic mass is 16.3. The molecule has 0 heterocycles. The van der Waals surface area contributed by atoms with E-state index in [4.69, 9.17) is 5.11 Å². The number of carbonyl (C=O) groups is 1. The first-order valence-electron chi connectivity index (χ1n) is 7.26. The Morgan fingerprint density at radius 3 is 2.35 bits per heavy atom. The van der Waals surface area contributed by atoms with Crippen LogP contribution in [0.4, 0.5) is 5.69 Å². The molecule has 0 radical (unpaired) electrons. The molecule has 122 valence electrons. The summed E-state index contributed by atoms with van der Waals surface area (Å²) in [6, 6.07) is 10.4. The van der Waals surface area contributed by atoms with Crippen LogP contribution in [-0.4, -0.2) is 21.2 Å². The van der Waals surface area contributed by atoms with Gasteiger partial charge in [-0.25, -0.2) is 0 Å². The predicted octanol–water partition coefficient (Wildman–Crippen LogP) is 3.87. The van der Waals surface area contributed by atoms with Crippen molar-refractivity contribution in [2.24, 2.45) is 0 Å². The Morgan fingerprint density at radius 2 is 1.74 bits per heavy atom. The monoisotopic (exact) mass is 315 g/mol. The molecule has 23 heavy (non-hydrogen) atoms. The zero-order chi connectivity index (χ0) is 17.2. The van der Waals surface area contributed by atoms with E-state index < -0.39 is 0 Å². The van der Waals surface area contributed by atoms with Crippen LogP contribution in [-0.2, 0) is 4.79 Å².